The number of rotatable bonds is 4. The van der Waals surface area contributed by atoms with Crippen LogP contribution in [0.5, 0.6) is 5.75 Å². The summed E-state index contributed by atoms with van der Waals surface area (Å²) in [4.78, 5) is 12.5. The summed E-state index contributed by atoms with van der Waals surface area (Å²) < 4.78 is 0. The first-order valence-corrected chi connectivity index (χ1v) is 8.97. The van der Waals surface area contributed by atoms with Crippen LogP contribution in [0.3, 0.4) is 0 Å². The van der Waals surface area contributed by atoms with Gasteiger partial charge in [-0.25, -0.2) is 0 Å². The molecule has 0 saturated carbocycles. The van der Waals surface area contributed by atoms with Gasteiger partial charge in [-0.15, -0.1) is 0 Å². The highest BCUT2D eigenvalue weighted by Gasteiger charge is 2.22. The Hall–Kier alpha value is -1.31. The predicted molar refractivity (Wildman–Crippen MR) is 91.3 cm³/mol. The van der Waals surface area contributed by atoms with E-state index >= 15 is 0 Å². The molecule has 2 nitrogen and oxygen atoms in total. The summed E-state index contributed by atoms with van der Waals surface area (Å²) >= 11 is 0. The summed E-state index contributed by atoms with van der Waals surface area (Å²) in [5.41, 5.74) is 2.52. The van der Waals surface area contributed by atoms with Gasteiger partial charge in [0.1, 0.15) is 11.5 Å². The fourth-order valence-corrected chi connectivity index (χ4v) is 3.78. The second kappa shape index (κ2) is 8.36. The zero-order valence-corrected chi connectivity index (χ0v) is 14.1. The Labute approximate surface area is 134 Å². The Bertz CT molecular complexity index is 492. The number of ketones is 1. The van der Waals surface area contributed by atoms with Crippen molar-refractivity contribution in [2.45, 2.75) is 77.6 Å². The van der Waals surface area contributed by atoms with Crippen molar-refractivity contribution < 1.29 is 9.90 Å². The van der Waals surface area contributed by atoms with E-state index in [0.717, 1.165) is 32.1 Å². The molecule has 0 radical (unpaired) electrons. The van der Waals surface area contributed by atoms with E-state index < -0.39 is 0 Å². The Morgan fingerprint density at radius 1 is 1.23 bits per heavy atom. The minimum absolute atomic E-state index is 0.313. The smallest absolute Gasteiger partial charge is 0.133 e. The minimum Gasteiger partial charge on any atom is -0.508 e. The van der Waals surface area contributed by atoms with Crippen molar-refractivity contribution in [3.63, 3.8) is 0 Å². The zero-order chi connectivity index (χ0) is 15.9. The second-order valence-corrected chi connectivity index (χ2v) is 6.84. The number of phenols is 1. The van der Waals surface area contributed by atoms with E-state index in [1.54, 1.807) is 6.07 Å². The third-order valence-electron chi connectivity index (χ3n) is 5.07. The van der Waals surface area contributed by atoms with E-state index in [4.69, 9.17) is 0 Å². The Morgan fingerprint density at radius 3 is 2.77 bits per heavy atom. The van der Waals surface area contributed by atoms with Gasteiger partial charge in [0.15, 0.2) is 0 Å². The van der Waals surface area contributed by atoms with Crippen LogP contribution < -0.4 is 0 Å². The van der Waals surface area contributed by atoms with Crippen molar-refractivity contribution >= 4 is 5.78 Å². The van der Waals surface area contributed by atoms with E-state index in [2.05, 4.69) is 13.8 Å². The minimum atomic E-state index is 0.313. The van der Waals surface area contributed by atoms with Crippen LogP contribution in [0, 0.1) is 5.92 Å². The number of benzene rings is 1. The Kier molecular flexibility index (Phi) is 6.48. The number of Topliss-reactive ketones (excluding diaryl/α,β-unsaturated/α-hetero) is 1. The van der Waals surface area contributed by atoms with Crippen molar-refractivity contribution in [3.8, 4) is 5.75 Å². The number of carbonyl (C=O) groups is 1. The molecule has 2 rings (SSSR count). The average Bonchev–Trinajstić information content (AvgIpc) is 2.50. The molecule has 1 aromatic carbocycles. The molecular weight excluding hydrogens is 272 g/mol. The van der Waals surface area contributed by atoms with Gasteiger partial charge in [-0.2, -0.15) is 0 Å². The maximum absolute atomic E-state index is 12.5. The first kappa shape index (κ1) is 17.1. The van der Waals surface area contributed by atoms with E-state index in [1.165, 1.54) is 30.4 Å². The fraction of sp³-hybridized carbons (Fsp3) is 0.650. The van der Waals surface area contributed by atoms with E-state index in [1.807, 2.05) is 12.1 Å². The lowest BCUT2D eigenvalue weighted by molar-refractivity contribution is -0.120. The highest BCUT2D eigenvalue weighted by Crippen LogP contribution is 2.33. The highest BCUT2D eigenvalue weighted by molar-refractivity contribution is 5.79. The van der Waals surface area contributed by atoms with Crippen LogP contribution >= 0.6 is 0 Å². The third-order valence-corrected chi connectivity index (χ3v) is 5.07. The molecule has 0 heterocycles. The zero-order valence-electron chi connectivity index (χ0n) is 14.1. The molecule has 0 spiro atoms. The highest BCUT2D eigenvalue weighted by atomic mass is 16.3. The van der Waals surface area contributed by atoms with Crippen molar-refractivity contribution in [1.29, 1.82) is 0 Å². The molecule has 0 unspecified atom stereocenters. The molecule has 1 aliphatic carbocycles. The monoisotopic (exact) mass is 302 g/mol. The SMILES string of the molecule is CCCC[C@@H]1CCCc2cc(O)ccc2[C@H](CC)CC(=O)C1. The molecule has 2 atom stereocenters. The summed E-state index contributed by atoms with van der Waals surface area (Å²) in [5.74, 6) is 1.64. The molecule has 1 N–H and O–H groups in total. The number of fused-ring (bicyclic) bond motifs is 1. The summed E-state index contributed by atoms with van der Waals surface area (Å²) in [7, 11) is 0. The van der Waals surface area contributed by atoms with Crippen molar-refractivity contribution in [3.05, 3.63) is 29.3 Å². The summed E-state index contributed by atoms with van der Waals surface area (Å²) in [6.45, 7) is 4.38. The van der Waals surface area contributed by atoms with Crippen molar-refractivity contribution in [2.75, 3.05) is 0 Å². The quantitative estimate of drug-likeness (QED) is 0.811. The van der Waals surface area contributed by atoms with Crippen LogP contribution in [-0.2, 0) is 11.2 Å². The van der Waals surface area contributed by atoms with Crippen LogP contribution in [0.25, 0.3) is 0 Å². The van der Waals surface area contributed by atoms with Gasteiger partial charge >= 0.3 is 0 Å². The molecule has 22 heavy (non-hydrogen) atoms. The summed E-state index contributed by atoms with van der Waals surface area (Å²) in [6, 6.07) is 5.70. The molecule has 122 valence electrons. The number of carbonyl (C=O) groups excluding carboxylic acids is 1. The number of phenolic OH excluding ortho intramolecular Hbond substituents is 1. The fourth-order valence-electron chi connectivity index (χ4n) is 3.78. The van der Waals surface area contributed by atoms with Crippen molar-refractivity contribution in [2.24, 2.45) is 5.92 Å². The predicted octanol–water partition coefficient (Wildman–Crippen LogP) is 5.38. The molecule has 2 heteroatoms. The third kappa shape index (κ3) is 4.59. The molecule has 0 amide bonds. The van der Waals surface area contributed by atoms with Gasteiger partial charge < -0.3 is 5.11 Å². The summed E-state index contributed by atoms with van der Waals surface area (Å²) in [5, 5.41) is 9.79. The molecule has 1 aromatic rings. The van der Waals surface area contributed by atoms with Crippen molar-refractivity contribution in [1.82, 2.24) is 0 Å². The Balaban J connectivity index is 2.20. The lowest BCUT2D eigenvalue weighted by Gasteiger charge is -2.23. The topological polar surface area (TPSA) is 37.3 Å². The largest absolute Gasteiger partial charge is 0.508 e. The molecule has 0 aliphatic heterocycles. The van der Waals surface area contributed by atoms with E-state index in [0.29, 0.717) is 29.8 Å². The van der Waals surface area contributed by atoms with Crippen LogP contribution in [0.4, 0.5) is 0 Å². The molecule has 1 aliphatic rings. The van der Waals surface area contributed by atoms with Gasteiger partial charge in [-0.3, -0.25) is 4.79 Å². The lowest BCUT2D eigenvalue weighted by atomic mass is 9.81. The molecule has 0 aromatic heterocycles. The van der Waals surface area contributed by atoms with E-state index in [-0.39, 0.29) is 0 Å². The van der Waals surface area contributed by atoms with Gasteiger partial charge in [-0.1, -0.05) is 39.2 Å². The molecule has 0 saturated heterocycles. The number of hydrogen-bond acceptors (Lipinski definition) is 2. The van der Waals surface area contributed by atoms with Crippen LogP contribution in [0.2, 0.25) is 0 Å². The number of hydrogen-bond donors (Lipinski definition) is 1. The molecule has 0 fully saturated rings. The number of aromatic hydroxyl groups is 1. The average molecular weight is 302 g/mol. The van der Waals surface area contributed by atoms with Crippen LogP contribution in [-0.4, -0.2) is 10.9 Å². The van der Waals surface area contributed by atoms with Crippen LogP contribution in [0.1, 0.15) is 82.3 Å². The maximum Gasteiger partial charge on any atom is 0.133 e. The maximum atomic E-state index is 12.5. The first-order valence-electron chi connectivity index (χ1n) is 8.97. The van der Waals surface area contributed by atoms with E-state index in [9.17, 15) is 9.90 Å². The van der Waals surface area contributed by atoms with Gasteiger partial charge in [0.05, 0.1) is 0 Å². The Morgan fingerprint density at radius 2 is 2.05 bits per heavy atom. The van der Waals surface area contributed by atoms with Gasteiger partial charge in [0, 0.05) is 12.8 Å². The number of unbranched alkanes of at least 4 members (excludes halogenated alkanes) is 1. The lowest BCUT2D eigenvalue weighted by Crippen LogP contribution is -2.15. The normalized spacial score (nSPS) is 23.1. The number of aryl methyl sites for hydroxylation is 1. The first-order chi connectivity index (χ1) is 10.6. The molecular formula is C20H30O2. The van der Waals surface area contributed by atoms with Gasteiger partial charge in [-0.05, 0) is 60.8 Å². The summed E-state index contributed by atoms with van der Waals surface area (Å²) in [6.07, 6.45) is 9.32. The van der Waals surface area contributed by atoms with Crippen LogP contribution in [0.15, 0.2) is 18.2 Å². The van der Waals surface area contributed by atoms with Gasteiger partial charge in [0.25, 0.3) is 0 Å². The second-order valence-electron chi connectivity index (χ2n) is 6.84. The van der Waals surface area contributed by atoms with Gasteiger partial charge in [0.2, 0.25) is 0 Å². The standard InChI is InChI=1S/C20H30O2/c1-3-5-7-15-8-6-9-17-14-18(21)10-11-20(17)16(4-2)13-19(22)12-15/h10-11,14-16,21H,3-9,12-13H2,1-2H3/t15-,16-/m1/s1. The molecule has 0 bridgehead atoms.